The smallest absolute Gasteiger partial charge is 0.191 e. The van der Waals surface area contributed by atoms with Crippen molar-refractivity contribution in [1.82, 2.24) is 15.5 Å². The number of aliphatic imine (C=N–C) groups is 1. The molecule has 1 aromatic rings. The molecule has 1 aliphatic heterocycles. The number of nitrogens with zero attached hydrogens (tertiary/aromatic N) is 2. The number of unbranched alkanes of at least 4 members (excludes halogenated alkanes) is 1. The van der Waals surface area contributed by atoms with Crippen LogP contribution in [0.5, 0.6) is 0 Å². The molecule has 1 aromatic carbocycles. The summed E-state index contributed by atoms with van der Waals surface area (Å²) in [6.45, 7) is 8.81. The van der Waals surface area contributed by atoms with Gasteiger partial charge in [-0.05, 0) is 70.6 Å². The van der Waals surface area contributed by atoms with Crippen molar-refractivity contribution in [3.05, 3.63) is 35.9 Å². The lowest BCUT2D eigenvalue weighted by atomic mass is 9.96. The van der Waals surface area contributed by atoms with Crippen LogP contribution in [-0.2, 0) is 5.41 Å². The average Bonchev–Trinajstić information content (AvgIpc) is 3.27. The summed E-state index contributed by atoms with van der Waals surface area (Å²) in [5.41, 5.74) is 1.74. The second-order valence-corrected chi connectivity index (χ2v) is 7.52. The van der Waals surface area contributed by atoms with E-state index in [-0.39, 0.29) is 24.0 Å². The molecule has 0 radical (unpaired) electrons. The van der Waals surface area contributed by atoms with Crippen LogP contribution in [-0.4, -0.2) is 50.1 Å². The molecular formula is C21H35IN4. The van der Waals surface area contributed by atoms with Gasteiger partial charge in [0.25, 0.3) is 0 Å². The highest BCUT2D eigenvalue weighted by molar-refractivity contribution is 14.0. The highest BCUT2D eigenvalue weighted by Gasteiger charge is 2.43. The van der Waals surface area contributed by atoms with E-state index in [0.29, 0.717) is 5.41 Å². The van der Waals surface area contributed by atoms with Gasteiger partial charge in [0.05, 0.1) is 6.54 Å². The molecule has 1 saturated carbocycles. The minimum absolute atomic E-state index is 0. The van der Waals surface area contributed by atoms with E-state index in [1.807, 2.05) is 0 Å². The molecule has 1 heterocycles. The van der Waals surface area contributed by atoms with Crippen molar-refractivity contribution in [3.63, 3.8) is 0 Å². The number of halogens is 1. The number of hydrogen-bond donors (Lipinski definition) is 2. The van der Waals surface area contributed by atoms with Crippen molar-refractivity contribution < 1.29 is 0 Å². The lowest BCUT2D eigenvalue weighted by Gasteiger charge is -2.17. The summed E-state index contributed by atoms with van der Waals surface area (Å²) in [5.74, 6) is 0.978. The first-order valence-electron chi connectivity index (χ1n) is 10.1. The first-order valence-corrected chi connectivity index (χ1v) is 10.1. The summed E-state index contributed by atoms with van der Waals surface area (Å²) >= 11 is 0. The predicted molar refractivity (Wildman–Crippen MR) is 122 cm³/mol. The third kappa shape index (κ3) is 6.41. The molecule has 4 nitrogen and oxygen atoms in total. The molecule has 26 heavy (non-hydrogen) atoms. The van der Waals surface area contributed by atoms with E-state index in [9.17, 15) is 0 Å². The molecule has 2 aliphatic rings. The van der Waals surface area contributed by atoms with Crippen molar-refractivity contribution in [2.45, 2.75) is 50.9 Å². The fourth-order valence-electron chi connectivity index (χ4n) is 3.73. The Hall–Kier alpha value is -0.820. The summed E-state index contributed by atoms with van der Waals surface area (Å²) < 4.78 is 0. The molecule has 0 bridgehead atoms. The van der Waals surface area contributed by atoms with Crippen molar-refractivity contribution in [1.29, 1.82) is 0 Å². The Morgan fingerprint density at radius 2 is 1.81 bits per heavy atom. The SMILES string of the molecule is CCNC(=NCC1(c2ccccc2)CC1)NCCCCN1CCCC1.I. The standard InChI is InChI=1S/C21H34N4.HI/c1-2-22-20(23-14-6-7-15-25-16-8-9-17-25)24-18-21(12-13-21)19-10-4-3-5-11-19;/h3-5,10-11H,2,6-9,12-18H2,1H3,(H2,22,23,24);1H. The number of hydrogen-bond acceptors (Lipinski definition) is 2. The molecule has 5 heteroatoms. The molecule has 146 valence electrons. The van der Waals surface area contributed by atoms with E-state index in [2.05, 4.69) is 52.8 Å². The highest BCUT2D eigenvalue weighted by atomic mass is 127. The zero-order valence-corrected chi connectivity index (χ0v) is 18.5. The molecule has 1 saturated heterocycles. The Labute approximate surface area is 176 Å². The van der Waals surface area contributed by atoms with Crippen molar-refractivity contribution in [2.75, 3.05) is 39.3 Å². The molecule has 2 N–H and O–H groups in total. The van der Waals surface area contributed by atoms with Gasteiger partial charge in [0, 0.05) is 18.5 Å². The molecule has 2 fully saturated rings. The van der Waals surface area contributed by atoms with E-state index < -0.39 is 0 Å². The van der Waals surface area contributed by atoms with Crippen molar-refractivity contribution >= 4 is 29.9 Å². The van der Waals surface area contributed by atoms with Crippen LogP contribution in [0, 0.1) is 0 Å². The Balaban J connectivity index is 0.00000243. The van der Waals surface area contributed by atoms with Crippen LogP contribution in [0.4, 0.5) is 0 Å². The monoisotopic (exact) mass is 470 g/mol. The Morgan fingerprint density at radius 3 is 2.46 bits per heavy atom. The fraction of sp³-hybridized carbons (Fsp3) is 0.667. The van der Waals surface area contributed by atoms with Gasteiger partial charge >= 0.3 is 0 Å². The molecule has 0 aromatic heterocycles. The Kier molecular flexibility index (Phi) is 9.19. The summed E-state index contributed by atoms with van der Waals surface area (Å²) in [6, 6.07) is 10.9. The first-order chi connectivity index (χ1) is 12.3. The van der Waals surface area contributed by atoms with Gasteiger partial charge in [-0.3, -0.25) is 4.99 Å². The van der Waals surface area contributed by atoms with Gasteiger partial charge < -0.3 is 15.5 Å². The van der Waals surface area contributed by atoms with E-state index in [4.69, 9.17) is 4.99 Å². The number of rotatable bonds is 9. The first kappa shape index (κ1) is 21.5. The zero-order valence-electron chi connectivity index (χ0n) is 16.2. The number of nitrogens with one attached hydrogen (secondary N) is 2. The maximum atomic E-state index is 4.88. The van der Waals surface area contributed by atoms with Crippen LogP contribution in [0.1, 0.15) is 51.0 Å². The molecule has 0 spiro atoms. The van der Waals surface area contributed by atoms with Crippen LogP contribution in [0.25, 0.3) is 0 Å². The second kappa shape index (κ2) is 11.1. The van der Waals surface area contributed by atoms with Crippen LogP contribution in [0.15, 0.2) is 35.3 Å². The van der Waals surface area contributed by atoms with Crippen LogP contribution < -0.4 is 10.6 Å². The largest absolute Gasteiger partial charge is 0.357 e. The molecule has 3 rings (SSSR count). The van der Waals surface area contributed by atoms with E-state index in [1.54, 1.807) is 0 Å². The maximum absolute atomic E-state index is 4.88. The lowest BCUT2D eigenvalue weighted by Crippen LogP contribution is -2.38. The topological polar surface area (TPSA) is 39.7 Å². The van der Waals surface area contributed by atoms with E-state index in [0.717, 1.165) is 25.6 Å². The predicted octanol–water partition coefficient (Wildman–Crippen LogP) is 3.77. The molecule has 0 amide bonds. The van der Waals surface area contributed by atoms with Gasteiger partial charge in [0.2, 0.25) is 0 Å². The number of likely N-dealkylation sites (tertiary alicyclic amines) is 1. The van der Waals surface area contributed by atoms with Crippen molar-refractivity contribution in [3.8, 4) is 0 Å². The van der Waals surface area contributed by atoms with E-state index >= 15 is 0 Å². The van der Waals surface area contributed by atoms with Crippen LogP contribution in [0.2, 0.25) is 0 Å². The molecule has 0 atom stereocenters. The highest BCUT2D eigenvalue weighted by Crippen LogP contribution is 2.48. The van der Waals surface area contributed by atoms with Gasteiger partial charge in [-0.25, -0.2) is 0 Å². The zero-order chi connectivity index (χ0) is 17.4. The minimum atomic E-state index is 0. The van der Waals surface area contributed by atoms with Crippen molar-refractivity contribution in [2.24, 2.45) is 4.99 Å². The summed E-state index contributed by atoms with van der Waals surface area (Å²) in [7, 11) is 0. The van der Waals surface area contributed by atoms with Crippen LogP contribution in [0.3, 0.4) is 0 Å². The van der Waals surface area contributed by atoms with E-state index in [1.165, 1.54) is 63.7 Å². The fourth-order valence-corrected chi connectivity index (χ4v) is 3.73. The van der Waals surface area contributed by atoms with Gasteiger partial charge in [-0.2, -0.15) is 0 Å². The normalized spacial score (nSPS) is 19.0. The number of guanidine groups is 1. The van der Waals surface area contributed by atoms with Gasteiger partial charge in [-0.15, -0.1) is 24.0 Å². The summed E-state index contributed by atoms with van der Waals surface area (Å²) in [4.78, 5) is 7.48. The van der Waals surface area contributed by atoms with Crippen LogP contribution >= 0.6 is 24.0 Å². The van der Waals surface area contributed by atoms with Gasteiger partial charge in [0.1, 0.15) is 0 Å². The van der Waals surface area contributed by atoms with Gasteiger partial charge in [0.15, 0.2) is 5.96 Å². The van der Waals surface area contributed by atoms with Gasteiger partial charge in [-0.1, -0.05) is 30.3 Å². The summed E-state index contributed by atoms with van der Waals surface area (Å²) in [5, 5.41) is 6.91. The maximum Gasteiger partial charge on any atom is 0.191 e. The lowest BCUT2D eigenvalue weighted by molar-refractivity contribution is 0.330. The summed E-state index contributed by atoms with van der Waals surface area (Å²) in [6.07, 6.45) is 7.79. The quantitative estimate of drug-likeness (QED) is 0.250. The molecular weight excluding hydrogens is 435 g/mol. The second-order valence-electron chi connectivity index (χ2n) is 7.52. The third-order valence-electron chi connectivity index (χ3n) is 5.52. The molecule has 0 unspecified atom stereocenters. The minimum Gasteiger partial charge on any atom is -0.357 e. The Morgan fingerprint density at radius 1 is 1.08 bits per heavy atom. The Bertz CT molecular complexity index is 536. The third-order valence-corrected chi connectivity index (χ3v) is 5.52. The average molecular weight is 470 g/mol. The number of benzene rings is 1. The molecule has 1 aliphatic carbocycles.